The summed E-state index contributed by atoms with van der Waals surface area (Å²) in [6.45, 7) is 1.23. The van der Waals surface area contributed by atoms with Crippen LogP contribution in [-0.2, 0) is 24.2 Å². The molecule has 132 valence electrons. The van der Waals surface area contributed by atoms with Crippen molar-refractivity contribution in [1.82, 2.24) is 10.1 Å². The third-order valence-corrected chi connectivity index (χ3v) is 5.02. The van der Waals surface area contributed by atoms with Crippen molar-refractivity contribution in [3.63, 3.8) is 0 Å². The Labute approximate surface area is 157 Å². The summed E-state index contributed by atoms with van der Waals surface area (Å²) in [7, 11) is 0. The van der Waals surface area contributed by atoms with Gasteiger partial charge in [-0.05, 0) is 36.2 Å². The van der Waals surface area contributed by atoms with E-state index in [4.69, 9.17) is 16.1 Å². The highest BCUT2D eigenvalue weighted by Gasteiger charge is 2.27. The summed E-state index contributed by atoms with van der Waals surface area (Å²) in [5.74, 6) is 0.903. The molecule has 2 aromatic carbocycles. The molecular weight excluding hydrogens is 348 g/mol. The van der Waals surface area contributed by atoms with Gasteiger partial charge in [-0.15, -0.1) is 0 Å². The molecule has 1 aromatic heterocycles. The SMILES string of the molecule is O=C(CCc1ccccc1)N1CCc2noc(-c3ccc(Cl)cc3)c2C1. The zero-order chi connectivity index (χ0) is 17.9. The minimum atomic E-state index is 0.169. The molecule has 1 aliphatic rings. The van der Waals surface area contributed by atoms with E-state index < -0.39 is 0 Å². The number of carbonyl (C=O) groups is 1. The van der Waals surface area contributed by atoms with Gasteiger partial charge in [-0.1, -0.05) is 47.1 Å². The molecule has 2 heterocycles. The molecule has 0 atom stereocenters. The second kappa shape index (κ2) is 7.34. The molecule has 5 heteroatoms. The minimum absolute atomic E-state index is 0.169. The summed E-state index contributed by atoms with van der Waals surface area (Å²) in [5, 5.41) is 4.88. The monoisotopic (exact) mass is 366 g/mol. The molecule has 0 saturated carbocycles. The van der Waals surface area contributed by atoms with Crippen molar-refractivity contribution in [2.75, 3.05) is 6.54 Å². The first-order chi connectivity index (χ1) is 12.7. The molecule has 1 amide bonds. The summed E-state index contributed by atoms with van der Waals surface area (Å²) < 4.78 is 5.57. The Bertz CT molecular complexity index is 904. The van der Waals surface area contributed by atoms with Crippen molar-refractivity contribution in [2.45, 2.75) is 25.8 Å². The second-order valence-electron chi connectivity index (χ2n) is 6.49. The molecule has 26 heavy (non-hydrogen) atoms. The fourth-order valence-corrected chi connectivity index (χ4v) is 3.43. The lowest BCUT2D eigenvalue weighted by atomic mass is 10.0. The van der Waals surface area contributed by atoms with Crippen LogP contribution in [0.4, 0.5) is 0 Å². The van der Waals surface area contributed by atoms with Crippen LogP contribution in [0.15, 0.2) is 59.1 Å². The number of halogens is 1. The van der Waals surface area contributed by atoms with Gasteiger partial charge in [0.15, 0.2) is 5.76 Å². The molecule has 3 aromatic rings. The third kappa shape index (κ3) is 3.51. The summed E-state index contributed by atoms with van der Waals surface area (Å²) in [6, 6.07) is 17.6. The summed E-state index contributed by atoms with van der Waals surface area (Å²) in [6.07, 6.45) is 2.00. The van der Waals surface area contributed by atoms with E-state index in [0.717, 1.165) is 35.4 Å². The number of fused-ring (bicyclic) bond motifs is 1. The number of amides is 1. The number of benzene rings is 2. The lowest BCUT2D eigenvalue weighted by molar-refractivity contribution is -0.132. The van der Waals surface area contributed by atoms with Crippen LogP contribution in [0.2, 0.25) is 5.02 Å². The zero-order valence-electron chi connectivity index (χ0n) is 14.3. The molecule has 0 spiro atoms. The van der Waals surface area contributed by atoms with Crippen molar-refractivity contribution >= 4 is 17.5 Å². The van der Waals surface area contributed by atoms with E-state index in [-0.39, 0.29) is 5.91 Å². The first-order valence-electron chi connectivity index (χ1n) is 8.76. The first-order valence-corrected chi connectivity index (χ1v) is 9.13. The molecule has 0 unspecified atom stereocenters. The molecule has 0 aliphatic carbocycles. The van der Waals surface area contributed by atoms with Crippen LogP contribution >= 0.6 is 11.6 Å². The Balaban J connectivity index is 1.47. The number of aromatic nitrogens is 1. The molecule has 1 aliphatic heterocycles. The summed E-state index contributed by atoms with van der Waals surface area (Å²) >= 11 is 5.97. The highest BCUT2D eigenvalue weighted by Crippen LogP contribution is 2.31. The fraction of sp³-hybridized carbons (Fsp3) is 0.238. The van der Waals surface area contributed by atoms with Crippen molar-refractivity contribution in [2.24, 2.45) is 0 Å². The van der Waals surface area contributed by atoms with Gasteiger partial charge in [0.2, 0.25) is 5.91 Å². The zero-order valence-corrected chi connectivity index (χ0v) is 15.1. The van der Waals surface area contributed by atoms with E-state index in [1.54, 1.807) is 0 Å². The molecule has 0 saturated heterocycles. The molecule has 0 N–H and O–H groups in total. The number of aryl methyl sites for hydroxylation is 1. The first kappa shape index (κ1) is 16.9. The van der Waals surface area contributed by atoms with Crippen LogP contribution in [0.3, 0.4) is 0 Å². The van der Waals surface area contributed by atoms with Crippen LogP contribution in [0, 0.1) is 0 Å². The van der Waals surface area contributed by atoms with Crippen molar-refractivity contribution in [3.05, 3.63) is 76.4 Å². The van der Waals surface area contributed by atoms with E-state index in [1.165, 1.54) is 5.56 Å². The van der Waals surface area contributed by atoms with Crippen LogP contribution in [0.25, 0.3) is 11.3 Å². The average molecular weight is 367 g/mol. The molecule has 4 rings (SSSR count). The van der Waals surface area contributed by atoms with Crippen molar-refractivity contribution < 1.29 is 9.32 Å². The Morgan fingerprint density at radius 3 is 2.65 bits per heavy atom. The average Bonchev–Trinajstić information content (AvgIpc) is 3.11. The van der Waals surface area contributed by atoms with Crippen LogP contribution < -0.4 is 0 Å². The maximum Gasteiger partial charge on any atom is 0.223 e. The van der Waals surface area contributed by atoms with E-state index in [2.05, 4.69) is 17.3 Å². The van der Waals surface area contributed by atoms with Crippen molar-refractivity contribution in [1.29, 1.82) is 0 Å². The lowest BCUT2D eigenvalue weighted by Crippen LogP contribution is -2.36. The predicted molar refractivity (Wildman–Crippen MR) is 101 cm³/mol. The molecule has 0 fully saturated rings. The van der Waals surface area contributed by atoms with Gasteiger partial charge in [0.1, 0.15) is 0 Å². The topological polar surface area (TPSA) is 46.3 Å². The van der Waals surface area contributed by atoms with Gasteiger partial charge in [0, 0.05) is 35.5 Å². The normalized spacial score (nSPS) is 13.5. The van der Waals surface area contributed by atoms with E-state index in [0.29, 0.717) is 24.5 Å². The lowest BCUT2D eigenvalue weighted by Gasteiger charge is -2.26. The van der Waals surface area contributed by atoms with Gasteiger partial charge in [0.05, 0.1) is 12.2 Å². The highest BCUT2D eigenvalue weighted by atomic mass is 35.5. The van der Waals surface area contributed by atoms with Gasteiger partial charge in [-0.3, -0.25) is 4.79 Å². The Hall–Kier alpha value is -2.59. The maximum absolute atomic E-state index is 12.7. The number of hydrogen-bond acceptors (Lipinski definition) is 3. The molecule has 0 bridgehead atoms. The Morgan fingerprint density at radius 1 is 1.12 bits per heavy atom. The van der Waals surface area contributed by atoms with Gasteiger partial charge < -0.3 is 9.42 Å². The number of nitrogens with zero attached hydrogens (tertiary/aromatic N) is 2. The largest absolute Gasteiger partial charge is 0.356 e. The van der Waals surface area contributed by atoms with Crippen LogP contribution in [0.1, 0.15) is 23.2 Å². The van der Waals surface area contributed by atoms with Gasteiger partial charge in [0.25, 0.3) is 0 Å². The highest BCUT2D eigenvalue weighted by molar-refractivity contribution is 6.30. The minimum Gasteiger partial charge on any atom is -0.356 e. The van der Waals surface area contributed by atoms with E-state index in [1.807, 2.05) is 47.4 Å². The number of hydrogen-bond donors (Lipinski definition) is 0. The van der Waals surface area contributed by atoms with E-state index >= 15 is 0 Å². The van der Waals surface area contributed by atoms with Crippen molar-refractivity contribution in [3.8, 4) is 11.3 Å². The second-order valence-corrected chi connectivity index (χ2v) is 6.93. The Morgan fingerprint density at radius 2 is 1.88 bits per heavy atom. The third-order valence-electron chi connectivity index (χ3n) is 4.77. The molecular formula is C21H19ClN2O2. The number of carbonyl (C=O) groups excluding carboxylic acids is 1. The summed E-state index contributed by atoms with van der Waals surface area (Å²) in [5.41, 5.74) is 4.07. The summed E-state index contributed by atoms with van der Waals surface area (Å²) in [4.78, 5) is 14.6. The van der Waals surface area contributed by atoms with E-state index in [9.17, 15) is 4.79 Å². The van der Waals surface area contributed by atoms with Gasteiger partial charge >= 0.3 is 0 Å². The standard InChI is InChI=1S/C21H19ClN2O2/c22-17-9-7-16(8-10-17)21-18-14-24(13-12-19(18)23-26-21)20(25)11-6-15-4-2-1-3-5-15/h1-5,7-10H,6,11-14H2. The number of rotatable bonds is 4. The Kier molecular flexibility index (Phi) is 4.76. The maximum atomic E-state index is 12.7. The smallest absolute Gasteiger partial charge is 0.223 e. The van der Waals surface area contributed by atoms with Crippen LogP contribution in [0.5, 0.6) is 0 Å². The molecule has 0 radical (unpaired) electrons. The molecule has 4 nitrogen and oxygen atoms in total. The van der Waals surface area contributed by atoms with Gasteiger partial charge in [-0.25, -0.2) is 0 Å². The van der Waals surface area contributed by atoms with Crippen LogP contribution in [-0.4, -0.2) is 22.5 Å². The predicted octanol–water partition coefficient (Wildman–Crippen LogP) is 4.51. The quantitative estimate of drug-likeness (QED) is 0.682. The fourth-order valence-electron chi connectivity index (χ4n) is 3.31. The van der Waals surface area contributed by atoms with Gasteiger partial charge in [-0.2, -0.15) is 0 Å².